The lowest BCUT2D eigenvalue weighted by molar-refractivity contribution is 0.304. The van der Waals surface area contributed by atoms with Gasteiger partial charge in [0, 0.05) is 18.5 Å². The number of halogens is 2. The fourth-order valence-corrected chi connectivity index (χ4v) is 2.16. The molecular formula is C17H12BrFN2O. The first kappa shape index (κ1) is 14.7. The highest BCUT2D eigenvalue weighted by atomic mass is 79.9. The molecule has 0 aliphatic carbocycles. The van der Waals surface area contributed by atoms with E-state index in [1.54, 1.807) is 24.5 Å². The van der Waals surface area contributed by atoms with Gasteiger partial charge in [0.05, 0.1) is 10.0 Å². The third kappa shape index (κ3) is 3.49. The second-order valence-electron chi connectivity index (χ2n) is 4.64. The molecule has 0 saturated heterocycles. The van der Waals surface area contributed by atoms with Crippen molar-refractivity contribution in [3.63, 3.8) is 0 Å². The predicted molar refractivity (Wildman–Crippen MR) is 85.9 cm³/mol. The van der Waals surface area contributed by atoms with Gasteiger partial charge >= 0.3 is 0 Å². The lowest BCUT2D eigenvalue weighted by atomic mass is 10.2. The number of hydrogen-bond acceptors (Lipinski definition) is 3. The van der Waals surface area contributed by atoms with Crippen LogP contribution in [0.5, 0.6) is 5.75 Å². The minimum Gasteiger partial charge on any atom is -0.489 e. The average molecular weight is 359 g/mol. The van der Waals surface area contributed by atoms with Crippen molar-refractivity contribution in [1.82, 2.24) is 9.97 Å². The van der Waals surface area contributed by atoms with Crippen LogP contribution in [0.25, 0.3) is 11.4 Å². The third-order valence-corrected chi connectivity index (χ3v) is 3.46. The third-order valence-electron chi connectivity index (χ3n) is 3.05. The Morgan fingerprint density at radius 2 is 1.73 bits per heavy atom. The molecule has 3 nitrogen and oxygen atoms in total. The molecule has 0 saturated carbocycles. The molecule has 0 fully saturated rings. The van der Waals surface area contributed by atoms with Gasteiger partial charge < -0.3 is 4.74 Å². The Balaban J connectivity index is 1.76. The summed E-state index contributed by atoms with van der Waals surface area (Å²) in [5, 5.41) is 0. The van der Waals surface area contributed by atoms with E-state index in [0.717, 1.165) is 10.0 Å². The molecule has 0 atom stereocenters. The maximum atomic E-state index is 14.2. The highest BCUT2D eigenvalue weighted by molar-refractivity contribution is 9.10. The van der Waals surface area contributed by atoms with Gasteiger partial charge in [-0.2, -0.15) is 0 Å². The van der Waals surface area contributed by atoms with Crippen LogP contribution in [-0.4, -0.2) is 9.97 Å². The molecule has 110 valence electrons. The van der Waals surface area contributed by atoms with Crippen LogP contribution in [0.15, 0.2) is 65.4 Å². The minimum absolute atomic E-state index is 0.343. The standard InChI is InChI=1S/C17H12BrFN2O/c18-13-9-20-17(21-10-13)15-7-6-14(8-16(15)19)22-11-12-4-2-1-3-5-12/h1-10H,11H2. The van der Waals surface area contributed by atoms with Crippen LogP contribution in [0.2, 0.25) is 0 Å². The topological polar surface area (TPSA) is 35.0 Å². The van der Waals surface area contributed by atoms with Gasteiger partial charge in [-0.3, -0.25) is 0 Å². The Labute approximate surface area is 135 Å². The Morgan fingerprint density at radius 3 is 2.41 bits per heavy atom. The smallest absolute Gasteiger partial charge is 0.162 e. The molecule has 3 rings (SSSR count). The molecule has 1 heterocycles. The van der Waals surface area contributed by atoms with Crippen LogP contribution >= 0.6 is 15.9 Å². The molecule has 1 aromatic heterocycles. The number of nitrogens with zero attached hydrogens (tertiary/aromatic N) is 2. The Morgan fingerprint density at radius 1 is 1.00 bits per heavy atom. The monoisotopic (exact) mass is 358 g/mol. The van der Waals surface area contributed by atoms with Crippen molar-refractivity contribution in [2.45, 2.75) is 6.61 Å². The highest BCUT2D eigenvalue weighted by Gasteiger charge is 2.09. The Bertz CT molecular complexity index is 763. The molecule has 3 aromatic rings. The molecule has 22 heavy (non-hydrogen) atoms. The normalized spacial score (nSPS) is 10.5. The maximum Gasteiger partial charge on any atom is 0.162 e. The number of rotatable bonds is 4. The quantitative estimate of drug-likeness (QED) is 0.682. The first-order chi connectivity index (χ1) is 10.7. The summed E-state index contributed by atoms with van der Waals surface area (Å²) in [6.45, 7) is 0.397. The first-order valence-electron chi connectivity index (χ1n) is 6.66. The van der Waals surface area contributed by atoms with E-state index in [9.17, 15) is 4.39 Å². The Hall–Kier alpha value is -2.27. The second kappa shape index (κ2) is 6.66. The number of ether oxygens (including phenoxy) is 1. The Kier molecular flexibility index (Phi) is 4.44. The molecule has 0 aliphatic heterocycles. The SMILES string of the molecule is Fc1cc(OCc2ccccc2)ccc1-c1ncc(Br)cn1. The van der Waals surface area contributed by atoms with E-state index in [0.29, 0.717) is 23.7 Å². The van der Waals surface area contributed by atoms with E-state index >= 15 is 0 Å². The van der Waals surface area contributed by atoms with Gasteiger partial charge in [-0.1, -0.05) is 30.3 Å². The summed E-state index contributed by atoms with van der Waals surface area (Å²) < 4.78 is 20.5. The molecule has 0 N–H and O–H groups in total. The summed E-state index contributed by atoms with van der Waals surface area (Å²) >= 11 is 3.25. The summed E-state index contributed by atoms with van der Waals surface area (Å²) in [6.07, 6.45) is 3.17. The van der Waals surface area contributed by atoms with Crippen molar-refractivity contribution < 1.29 is 9.13 Å². The van der Waals surface area contributed by atoms with Gasteiger partial charge in [-0.15, -0.1) is 0 Å². The van der Waals surface area contributed by atoms with Gasteiger partial charge in [-0.25, -0.2) is 14.4 Å². The average Bonchev–Trinajstić information content (AvgIpc) is 2.55. The van der Waals surface area contributed by atoms with Gasteiger partial charge in [0.25, 0.3) is 0 Å². The van der Waals surface area contributed by atoms with E-state index in [4.69, 9.17) is 4.74 Å². The molecule has 0 spiro atoms. The lowest BCUT2D eigenvalue weighted by Crippen LogP contribution is -1.97. The van der Waals surface area contributed by atoms with Gasteiger partial charge in [0.15, 0.2) is 5.82 Å². The zero-order chi connectivity index (χ0) is 15.4. The van der Waals surface area contributed by atoms with Crippen molar-refractivity contribution in [3.05, 3.63) is 76.8 Å². The zero-order valence-corrected chi connectivity index (χ0v) is 13.1. The summed E-state index contributed by atoms with van der Waals surface area (Å²) in [5.74, 6) is 0.408. The largest absolute Gasteiger partial charge is 0.489 e. The molecule has 0 unspecified atom stereocenters. The summed E-state index contributed by atoms with van der Waals surface area (Å²) in [5.41, 5.74) is 1.38. The van der Waals surface area contributed by atoms with Gasteiger partial charge in [-0.05, 0) is 33.6 Å². The van der Waals surface area contributed by atoms with Crippen LogP contribution in [0.3, 0.4) is 0 Å². The lowest BCUT2D eigenvalue weighted by Gasteiger charge is -2.08. The molecule has 0 radical (unpaired) electrons. The minimum atomic E-state index is -0.409. The summed E-state index contributed by atoms with van der Waals surface area (Å²) in [7, 11) is 0. The predicted octanol–water partition coefficient (Wildman–Crippen LogP) is 4.62. The van der Waals surface area contributed by atoms with E-state index < -0.39 is 5.82 Å². The van der Waals surface area contributed by atoms with E-state index in [2.05, 4.69) is 25.9 Å². The van der Waals surface area contributed by atoms with E-state index in [1.165, 1.54) is 6.07 Å². The van der Waals surface area contributed by atoms with Crippen LogP contribution in [-0.2, 0) is 6.61 Å². The van der Waals surface area contributed by atoms with E-state index in [1.807, 2.05) is 30.3 Å². The van der Waals surface area contributed by atoms with Gasteiger partial charge in [0.1, 0.15) is 18.2 Å². The van der Waals surface area contributed by atoms with Crippen molar-refractivity contribution in [2.75, 3.05) is 0 Å². The number of aromatic nitrogens is 2. The van der Waals surface area contributed by atoms with E-state index in [-0.39, 0.29) is 0 Å². The molecule has 2 aromatic carbocycles. The molecule has 0 aliphatic rings. The summed E-state index contributed by atoms with van der Waals surface area (Å²) in [4.78, 5) is 8.19. The van der Waals surface area contributed by atoms with Crippen LogP contribution in [0, 0.1) is 5.82 Å². The summed E-state index contributed by atoms with van der Waals surface area (Å²) in [6, 6.07) is 14.4. The zero-order valence-electron chi connectivity index (χ0n) is 11.5. The van der Waals surface area contributed by atoms with Crippen LogP contribution in [0.4, 0.5) is 4.39 Å². The van der Waals surface area contributed by atoms with Crippen molar-refractivity contribution >= 4 is 15.9 Å². The fraction of sp³-hybridized carbons (Fsp3) is 0.0588. The highest BCUT2D eigenvalue weighted by Crippen LogP contribution is 2.24. The molecular weight excluding hydrogens is 347 g/mol. The van der Waals surface area contributed by atoms with Crippen LogP contribution in [0.1, 0.15) is 5.56 Å². The van der Waals surface area contributed by atoms with Crippen LogP contribution < -0.4 is 4.74 Å². The number of hydrogen-bond donors (Lipinski definition) is 0. The molecule has 5 heteroatoms. The number of benzene rings is 2. The molecule has 0 amide bonds. The fourth-order valence-electron chi connectivity index (χ4n) is 1.96. The van der Waals surface area contributed by atoms with Crippen molar-refractivity contribution in [3.8, 4) is 17.1 Å². The second-order valence-corrected chi connectivity index (χ2v) is 5.56. The maximum absolute atomic E-state index is 14.2. The molecule has 0 bridgehead atoms. The first-order valence-corrected chi connectivity index (χ1v) is 7.46. The van der Waals surface area contributed by atoms with Crippen molar-refractivity contribution in [2.24, 2.45) is 0 Å². The van der Waals surface area contributed by atoms with Crippen molar-refractivity contribution in [1.29, 1.82) is 0 Å². The van der Waals surface area contributed by atoms with Gasteiger partial charge in [0.2, 0.25) is 0 Å².